The highest BCUT2D eigenvalue weighted by Gasteiger charge is 2.21. The highest BCUT2D eigenvalue weighted by Crippen LogP contribution is 2.28. The van der Waals surface area contributed by atoms with Gasteiger partial charge in [-0.1, -0.05) is 18.2 Å². The smallest absolute Gasteiger partial charge is 0.242 e. The monoisotopic (exact) mass is 354 g/mol. The second kappa shape index (κ2) is 9.33. The van der Waals surface area contributed by atoms with Crippen molar-refractivity contribution in [2.75, 3.05) is 26.1 Å². The van der Waals surface area contributed by atoms with Crippen LogP contribution in [0, 0.1) is 17.2 Å². The third-order valence-corrected chi connectivity index (χ3v) is 3.84. The molecule has 136 valence electrons. The molecule has 2 aromatic carbocycles. The van der Waals surface area contributed by atoms with E-state index < -0.39 is 11.8 Å². The minimum Gasteiger partial charge on any atom is -0.497 e. The Hall–Kier alpha value is -3.20. The Kier molecular flexibility index (Phi) is 6.86. The van der Waals surface area contributed by atoms with E-state index in [1.165, 1.54) is 7.11 Å². The Morgan fingerprint density at radius 3 is 2.58 bits per heavy atom. The van der Waals surface area contributed by atoms with Crippen LogP contribution in [0.5, 0.6) is 17.2 Å². The number of carbonyl (C=O) groups excluding carboxylic acids is 1. The molecule has 2 rings (SSSR count). The lowest BCUT2D eigenvalue weighted by Crippen LogP contribution is -2.24. The van der Waals surface area contributed by atoms with E-state index in [1.807, 2.05) is 13.0 Å². The topological polar surface area (TPSA) is 80.6 Å². The molecule has 0 aliphatic rings. The molecule has 2 aromatic rings. The van der Waals surface area contributed by atoms with Crippen molar-refractivity contribution in [1.82, 2.24) is 0 Å². The van der Waals surface area contributed by atoms with Gasteiger partial charge in [0.15, 0.2) is 0 Å². The van der Waals surface area contributed by atoms with Gasteiger partial charge in [-0.3, -0.25) is 4.79 Å². The second-order valence-corrected chi connectivity index (χ2v) is 5.48. The zero-order valence-corrected chi connectivity index (χ0v) is 15.1. The standard InChI is InChI=1S/C20H22N2O4/c1-4-26-18-8-6-5-7-17(18)22-20(23)15(13-21)11-14-9-10-16(24-2)12-19(14)25-3/h5-10,12,15H,4,11H2,1-3H3,(H,22,23)/t15-/m0/s1. The number of amides is 1. The molecule has 1 amide bonds. The summed E-state index contributed by atoms with van der Waals surface area (Å²) in [5, 5.41) is 12.2. The maximum absolute atomic E-state index is 12.6. The molecule has 0 saturated carbocycles. The summed E-state index contributed by atoms with van der Waals surface area (Å²) in [6.07, 6.45) is 0.228. The van der Waals surface area contributed by atoms with Gasteiger partial charge in [0.1, 0.15) is 23.2 Å². The van der Waals surface area contributed by atoms with Crippen LogP contribution in [0.15, 0.2) is 42.5 Å². The molecule has 0 aliphatic heterocycles. The summed E-state index contributed by atoms with van der Waals surface area (Å²) in [7, 11) is 3.11. The van der Waals surface area contributed by atoms with Crippen LogP contribution in [-0.2, 0) is 11.2 Å². The molecule has 0 saturated heterocycles. The molecule has 0 radical (unpaired) electrons. The fourth-order valence-electron chi connectivity index (χ4n) is 2.51. The van der Waals surface area contributed by atoms with Crippen LogP contribution in [0.25, 0.3) is 0 Å². The van der Waals surface area contributed by atoms with Gasteiger partial charge in [0, 0.05) is 12.5 Å². The minimum atomic E-state index is -0.869. The van der Waals surface area contributed by atoms with Gasteiger partial charge in [0.2, 0.25) is 5.91 Å². The minimum absolute atomic E-state index is 0.228. The van der Waals surface area contributed by atoms with Gasteiger partial charge in [-0.2, -0.15) is 5.26 Å². The maximum Gasteiger partial charge on any atom is 0.242 e. The number of benzene rings is 2. The zero-order chi connectivity index (χ0) is 18.9. The van der Waals surface area contributed by atoms with Gasteiger partial charge in [-0.25, -0.2) is 0 Å². The molecule has 0 unspecified atom stereocenters. The molecule has 0 spiro atoms. The van der Waals surface area contributed by atoms with Crippen molar-refractivity contribution in [3.63, 3.8) is 0 Å². The van der Waals surface area contributed by atoms with Crippen LogP contribution in [0.2, 0.25) is 0 Å². The molecule has 0 heterocycles. The summed E-state index contributed by atoms with van der Waals surface area (Å²) in [5.41, 5.74) is 1.30. The van der Waals surface area contributed by atoms with Gasteiger partial charge in [-0.15, -0.1) is 0 Å². The van der Waals surface area contributed by atoms with Crippen molar-refractivity contribution in [2.24, 2.45) is 5.92 Å². The van der Waals surface area contributed by atoms with Crippen LogP contribution in [0.4, 0.5) is 5.69 Å². The average molecular weight is 354 g/mol. The normalized spacial score (nSPS) is 11.2. The van der Waals surface area contributed by atoms with E-state index in [-0.39, 0.29) is 6.42 Å². The zero-order valence-electron chi connectivity index (χ0n) is 15.1. The molecule has 0 aromatic heterocycles. The summed E-state index contributed by atoms with van der Waals surface area (Å²) < 4.78 is 16.0. The number of carbonyl (C=O) groups is 1. The molecular formula is C20H22N2O4. The van der Waals surface area contributed by atoms with E-state index in [4.69, 9.17) is 14.2 Å². The predicted octanol–water partition coefficient (Wildman–Crippen LogP) is 3.42. The number of anilines is 1. The van der Waals surface area contributed by atoms with E-state index in [1.54, 1.807) is 43.5 Å². The van der Waals surface area contributed by atoms with Crippen molar-refractivity contribution >= 4 is 11.6 Å². The number of hydrogen-bond donors (Lipinski definition) is 1. The number of hydrogen-bond acceptors (Lipinski definition) is 5. The molecule has 0 aliphatic carbocycles. The van der Waals surface area contributed by atoms with Crippen LogP contribution in [0.1, 0.15) is 12.5 Å². The lowest BCUT2D eigenvalue weighted by Gasteiger charge is -2.15. The van der Waals surface area contributed by atoms with E-state index >= 15 is 0 Å². The number of methoxy groups -OCH3 is 2. The summed E-state index contributed by atoms with van der Waals surface area (Å²) in [6, 6.07) is 14.5. The maximum atomic E-state index is 12.6. The number of ether oxygens (including phenoxy) is 3. The van der Waals surface area contributed by atoms with Gasteiger partial charge in [0.25, 0.3) is 0 Å². The van der Waals surface area contributed by atoms with E-state index in [0.717, 1.165) is 5.56 Å². The number of nitriles is 1. The van der Waals surface area contributed by atoms with Gasteiger partial charge in [0.05, 0.1) is 32.6 Å². The number of nitrogens with zero attached hydrogens (tertiary/aromatic N) is 1. The van der Waals surface area contributed by atoms with Crippen molar-refractivity contribution in [2.45, 2.75) is 13.3 Å². The van der Waals surface area contributed by atoms with Gasteiger partial charge >= 0.3 is 0 Å². The quantitative estimate of drug-likeness (QED) is 0.785. The third-order valence-electron chi connectivity index (χ3n) is 3.84. The Bertz CT molecular complexity index is 799. The van der Waals surface area contributed by atoms with Crippen LogP contribution < -0.4 is 19.5 Å². The van der Waals surface area contributed by atoms with E-state index in [0.29, 0.717) is 29.5 Å². The lowest BCUT2D eigenvalue weighted by atomic mass is 9.98. The second-order valence-electron chi connectivity index (χ2n) is 5.48. The summed E-state index contributed by atoms with van der Waals surface area (Å²) in [5.74, 6) is 0.535. The molecule has 26 heavy (non-hydrogen) atoms. The van der Waals surface area contributed by atoms with Crippen LogP contribution in [-0.4, -0.2) is 26.7 Å². The van der Waals surface area contributed by atoms with Gasteiger partial charge < -0.3 is 19.5 Å². The highest BCUT2D eigenvalue weighted by molar-refractivity contribution is 5.95. The van der Waals surface area contributed by atoms with Crippen molar-refractivity contribution in [1.29, 1.82) is 5.26 Å². The molecule has 0 fully saturated rings. The number of rotatable bonds is 8. The Morgan fingerprint density at radius 2 is 1.92 bits per heavy atom. The SMILES string of the molecule is CCOc1ccccc1NC(=O)[C@H](C#N)Cc1ccc(OC)cc1OC. The third kappa shape index (κ3) is 4.67. The Balaban J connectivity index is 2.16. The molecule has 0 bridgehead atoms. The lowest BCUT2D eigenvalue weighted by molar-refractivity contribution is -0.118. The van der Waals surface area contributed by atoms with Crippen molar-refractivity contribution in [3.8, 4) is 23.3 Å². The largest absolute Gasteiger partial charge is 0.497 e. The van der Waals surface area contributed by atoms with E-state index in [9.17, 15) is 10.1 Å². The van der Waals surface area contributed by atoms with Crippen molar-refractivity contribution in [3.05, 3.63) is 48.0 Å². The fourth-order valence-corrected chi connectivity index (χ4v) is 2.51. The fraction of sp³-hybridized carbons (Fsp3) is 0.300. The van der Waals surface area contributed by atoms with Crippen molar-refractivity contribution < 1.29 is 19.0 Å². The Labute approximate surface area is 153 Å². The average Bonchev–Trinajstić information content (AvgIpc) is 2.67. The predicted molar refractivity (Wildman–Crippen MR) is 98.6 cm³/mol. The molecule has 6 heteroatoms. The van der Waals surface area contributed by atoms with Gasteiger partial charge in [-0.05, 0) is 30.7 Å². The summed E-state index contributed by atoms with van der Waals surface area (Å²) in [4.78, 5) is 12.6. The van der Waals surface area contributed by atoms with E-state index in [2.05, 4.69) is 11.4 Å². The summed E-state index contributed by atoms with van der Waals surface area (Å²) in [6.45, 7) is 2.35. The molecule has 6 nitrogen and oxygen atoms in total. The van der Waals surface area contributed by atoms with Crippen LogP contribution in [0.3, 0.4) is 0 Å². The highest BCUT2D eigenvalue weighted by atomic mass is 16.5. The number of para-hydroxylation sites is 2. The Morgan fingerprint density at radius 1 is 1.15 bits per heavy atom. The first-order valence-electron chi connectivity index (χ1n) is 8.26. The summed E-state index contributed by atoms with van der Waals surface area (Å²) >= 11 is 0. The number of nitrogens with one attached hydrogen (secondary N) is 1. The molecular weight excluding hydrogens is 332 g/mol. The first kappa shape index (κ1) is 19.1. The van der Waals surface area contributed by atoms with Crippen LogP contribution >= 0.6 is 0 Å². The molecule has 1 N–H and O–H groups in total. The first-order chi connectivity index (χ1) is 12.6. The first-order valence-corrected chi connectivity index (χ1v) is 8.26. The molecule has 1 atom stereocenters.